The molecule has 67 heavy (non-hydrogen) atoms. The molecule has 0 bridgehead atoms. The number of aryl methyl sites for hydroxylation is 1. The lowest BCUT2D eigenvalue weighted by molar-refractivity contribution is -0.675. The molecule has 3 aliphatic rings. The highest BCUT2D eigenvalue weighted by molar-refractivity contribution is 5.89. The molecule has 3 heteroatoms. The monoisotopic (exact) mass is 859 g/mol. The Morgan fingerprint density at radius 1 is 0.433 bits per heavy atom. The van der Waals surface area contributed by atoms with Crippen molar-refractivity contribution in [3.63, 3.8) is 0 Å². The number of nitrogens with zero attached hydrogens (tertiary/aromatic N) is 3. The Labute approximate surface area is 393 Å². The van der Waals surface area contributed by atoms with E-state index >= 15 is 0 Å². The summed E-state index contributed by atoms with van der Waals surface area (Å²) in [5.74, 6) is 0. The van der Waals surface area contributed by atoms with E-state index in [0.29, 0.717) is 0 Å². The van der Waals surface area contributed by atoms with E-state index in [2.05, 4.69) is 257 Å². The third-order valence-corrected chi connectivity index (χ3v) is 15.3. The molecule has 0 radical (unpaired) electrons. The van der Waals surface area contributed by atoms with Crippen LogP contribution in [0, 0.1) is 6.33 Å². The first kappa shape index (κ1) is 39.5. The lowest BCUT2D eigenvalue weighted by Gasteiger charge is -2.38. The Hall–Kier alpha value is -7.88. The van der Waals surface area contributed by atoms with Gasteiger partial charge in [-0.2, -0.15) is 0 Å². The van der Waals surface area contributed by atoms with Gasteiger partial charge in [0, 0.05) is 22.9 Å². The number of imidazole rings is 1. The third kappa shape index (κ3) is 5.23. The van der Waals surface area contributed by atoms with E-state index in [1.165, 1.54) is 94.6 Å². The van der Waals surface area contributed by atoms with Crippen LogP contribution in [0.1, 0.15) is 87.7 Å². The molecule has 3 aliphatic carbocycles. The van der Waals surface area contributed by atoms with Crippen molar-refractivity contribution < 1.29 is 4.57 Å². The molecule has 13 rings (SSSR count). The zero-order valence-corrected chi connectivity index (χ0v) is 38.2. The summed E-state index contributed by atoms with van der Waals surface area (Å²) < 4.78 is 4.34. The van der Waals surface area contributed by atoms with Crippen LogP contribution in [0.2, 0.25) is 0 Å². The molecule has 8 aromatic carbocycles. The van der Waals surface area contributed by atoms with Gasteiger partial charge < -0.3 is 9.13 Å². The first-order chi connectivity index (χ1) is 32.8. The van der Waals surface area contributed by atoms with Crippen LogP contribution in [0.15, 0.2) is 225 Å². The van der Waals surface area contributed by atoms with Crippen LogP contribution in [0.5, 0.6) is 0 Å². The molecule has 0 atom stereocenters. The molecule has 0 saturated carbocycles. The Bertz CT molecular complexity index is 3480. The van der Waals surface area contributed by atoms with Crippen molar-refractivity contribution in [2.24, 2.45) is 7.05 Å². The van der Waals surface area contributed by atoms with Crippen LogP contribution in [-0.4, -0.2) is 9.55 Å². The molecule has 0 fully saturated rings. The van der Waals surface area contributed by atoms with Gasteiger partial charge in [-0.25, -0.2) is 0 Å². The summed E-state index contributed by atoms with van der Waals surface area (Å²) in [6.45, 7) is 6.89. The first-order valence-corrected chi connectivity index (χ1v) is 23.5. The minimum atomic E-state index is -0.692. The molecule has 2 heterocycles. The number of pyridine rings is 1. The third-order valence-electron chi connectivity index (χ3n) is 15.3. The van der Waals surface area contributed by atoms with Crippen LogP contribution in [-0.2, 0) is 28.8 Å². The van der Waals surface area contributed by atoms with Gasteiger partial charge in [-0.05, 0) is 114 Å². The second-order valence-corrected chi connectivity index (χ2v) is 19.7. The average molecular weight is 860 g/mol. The fourth-order valence-electron chi connectivity index (χ4n) is 12.6. The van der Waals surface area contributed by atoms with Gasteiger partial charge in [0.2, 0.25) is 6.33 Å². The number of hydrogen-bond acceptors (Lipinski definition) is 1. The fourth-order valence-corrected chi connectivity index (χ4v) is 12.6. The SMILES string of the molecule is C[n+]1[c-]n(C2(c3cccc(C4(c5cccc(C6(c7cc(C(C)(C)C)ccn7)c7ccccc7-c7ccccc76)c5)c5ccccc5-c5ccccc54)c3)c3ccccc3-c3ccccc32)cc1. The Balaban J connectivity index is 1.13. The minimum absolute atomic E-state index is 0.0712. The van der Waals surface area contributed by atoms with Crippen LogP contribution in [0.3, 0.4) is 0 Å². The Kier molecular flexibility index (Phi) is 8.43. The second-order valence-electron chi connectivity index (χ2n) is 19.7. The summed E-state index contributed by atoms with van der Waals surface area (Å²) in [5, 5.41) is 0. The second kappa shape index (κ2) is 14.3. The van der Waals surface area contributed by atoms with Gasteiger partial charge in [0.15, 0.2) is 5.54 Å². The van der Waals surface area contributed by atoms with Gasteiger partial charge in [0.05, 0.1) is 23.6 Å². The number of hydrogen-bond donors (Lipinski definition) is 0. The zero-order valence-electron chi connectivity index (χ0n) is 38.2. The van der Waals surface area contributed by atoms with E-state index in [9.17, 15) is 0 Å². The van der Waals surface area contributed by atoms with Crippen molar-refractivity contribution in [1.82, 2.24) is 9.55 Å². The van der Waals surface area contributed by atoms with E-state index in [1.54, 1.807) is 0 Å². The molecule has 0 aliphatic heterocycles. The molecule has 3 nitrogen and oxygen atoms in total. The van der Waals surface area contributed by atoms with Crippen molar-refractivity contribution in [2.75, 3.05) is 0 Å². The number of fused-ring (bicyclic) bond motifs is 9. The highest BCUT2D eigenvalue weighted by Gasteiger charge is 2.52. The van der Waals surface area contributed by atoms with Crippen LogP contribution >= 0.6 is 0 Å². The van der Waals surface area contributed by atoms with E-state index in [-0.39, 0.29) is 5.41 Å². The molecule has 0 spiro atoms. The molecule has 10 aromatic rings. The van der Waals surface area contributed by atoms with Crippen molar-refractivity contribution >= 4 is 0 Å². The Morgan fingerprint density at radius 2 is 0.821 bits per heavy atom. The van der Waals surface area contributed by atoms with Gasteiger partial charge >= 0.3 is 0 Å². The summed E-state index contributed by atoms with van der Waals surface area (Å²) in [6.07, 6.45) is 10.0. The standard InChI is InChI=1S/C64H49N3/c1-61(2,3)43-35-36-65-60(41-43)63(56-31-13-7-25-50(56)51-26-8-14-32-57(51)63)46-21-17-19-44(39-46)62(54-29-11-5-23-48(54)49-24-6-12-30-55(49)62)45-20-18-22-47(40-45)64(67-38-37-66(4)42-67)58-33-15-9-27-52(58)53-28-10-16-34-59(53)64/h5-41H,1-4H3. The maximum absolute atomic E-state index is 5.38. The smallest absolute Gasteiger partial charge is 0.204 e. The molecule has 0 amide bonds. The summed E-state index contributed by atoms with van der Waals surface area (Å²) in [5.41, 5.74) is 20.1. The number of rotatable bonds is 6. The maximum atomic E-state index is 5.38. The molecule has 0 saturated heterocycles. The predicted octanol–water partition coefficient (Wildman–Crippen LogP) is 13.4. The van der Waals surface area contributed by atoms with Gasteiger partial charge in [0.25, 0.3) is 0 Å². The summed E-state index contributed by atoms with van der Waals surface area (Å²) in [6, 6.07) is 77.7. The molecule has 2 aromatic heterocycles. The largest absolute Gasteiger partial charge is 0.354 e. The highest BCUT2D eigenvalue weighted by Crippen LogP contribution is 2.61. The quantitative estimate of drug-likeness (QED) is 0.121. The molecule has 320 valence electrons. The van der Waals surface area contributed by atoms with Crippen molar-refractivity contribution in [2.45, 2.75) is 42.6 Å². The van der Waals surface area contributed by atoms with Crippen LogP contribution in [0.25, 0.3) is 33.4 Å². The topological polar surface area (TPSA) is 21.7 Å². The van der Waals surface area contributed by atoms with Crippen molar-refractivity contribution in [3.8, 4) is 33.4 Å². The van der Waals surface area contributed by atoms with Gasteiger partial charge in [-0.3, -0.25) is 4.98 Å². The van der Waals surface area contributed by atoms with E-state index in [1.807, 2.05) is 10.8 Å². The van der Waals surface area contributed by atoms with Gasteiger partial charge in [-0.1, -0.05) is 209 Å². The highest BCUT2D eigenvalue weighted by atomic mass is 15.2. The van der Waals surface area contributed by atoms with E-state index in [4.69, 9.17) is 4.98 Å². The molecule has 0 unspecified atom stereocenters. The number of benzene rings is 8. The van der Waals surface area contributed by atoms with E-state index < -0.39 is 16.4 Å². The van der Waals surface area contributed by atoms with Crippen molar-refractivity contribution in [3.05, 3.63) is 298 Å². The summed E-state index contributed by atoms with van der Waals surface area (Å²) in [4.78, 5) is 5.38. The first-order valence-electron chi connectivity index (χ1n) is 23.5. The van der Waals surface area contributed by atoms with Crippen LogP contribution < -0.4 is 4.57 Å². The number of aromatic nitrogens is 3. The lowest BCUT2D eigenvalue weighted by Crippen LogP contribution is -2.38. The minimum Gasteiger partial charge on any atom is -0.354 e. The van der Waals surface area contributed by atoms with Gasteiger partial charge in [0.1, 0.15) is 0 Å². The molecular formula is C64H49N3. The lowest BCUT2D eigenvalue weighted by atomic mass is 9.64. The normalized spacial score (nSPS) is 15.2. The Morgan fingerprint density at radius 3 is 1.27 bits per heavy atom. The van der Waals surface area contributed by atoms with E-state index in [0.717, 1.165) is 5.69 Å². The predicted molar refractivity (Wildman–Crippen MR) is 269 cm³/mol. The average Bonchev–Trinajstić information content (AvgIpc) is 4.11. The zero-order chi connectivity index (χ0) is 45.1. The summed E-state index contributed by atoms with van der Waals surface area (Å²) in [7, 11) is 2.06. The van der Waals surface area contributed by atoms with Crippen LogP contribution in [0.4, 0.5) is 0 Å². The fraction of sp³-hybridized carbons (Fsp3) is 0.125. The van der Waals surface area contributed by atoms with Crippen molar-refractivity contribution in [1.29, 1.82) is 0 Å². The maximum Gasteiger partial charge on any atom is 0.204 e. The van der Waals surface area contributed by atoms with Gasteiger partial charge in [-0.15, -0.1) is 0 Å². The molecular weight excluding hydrogens is 811 g/mol. The molecule has 0 N–H and O–H groups in total. The summed E-state index contributed by atoms with van der Waals surface area (Å²) >= 11 is 0.